The average Bonchev–Trinajstić information content (AvgIpc) is 2.40. The Morgan fingerprint density at radius 2 is 2.25 bits per heavy atom. The van der Waals surface area contributed by atoms with Crippen molar-refractivity contribution in [3.05, 3.63) is 24.3 Å². The molecule has 0 bridgehead atoms. The highest BCUT2D eigenvalue weighted by atomic mass is 16.5. The Bertz CT molecular complexity index is 425. The predicted octanol–water partition coefficient (Wildman–Crippen LogP) is 2.13. The van der Waals surface area contributed by atoms with E-state index in [1.165, 1.54) is 12.8 Å². The minimum atomic E-state index is -0.465. The summed E-state index contributed by atoms with van der Waals surface area (Å²) in [4.78, 5) is 2.35. The van der Waals surface area contributed by atoms with Crippen LogP contribution in [0.1, 0.15) is 26.7 Å². The summed E-state index contributed by atoms with van der Waals surface area (Å²) in [7, 11) is 0. The fraction of sp³-hybridized carbons (Fsp3) is 0.625. The van der Waals surface area contributed by atoms with Gasteiger partial charge in [0.2, 0.25) is 0 Å². The highest BCUT2D eigenvalue weighted by Gasteiger charge is 2.24. The molecule has 2 rings (SSSR count). The number of hydrogen-bond donors (Lipinski definition) is 2. The summed E-state index contributed by atoms with van der Waals surface area (Å²) >= 11 is 0. The number of ether oxygens (including phenoxy) is 1. The number of β-amino-alcohol motifs (C(OH)–C–C–N with tert-alkyl or cyclic N) is 1. The molecule has 20 heavy (non-hydrogen) atoms. The Kier molecular flexibility index (Phi) is 5.26. The van der Waals surface area contributed by atoms with Crippen LogP contribution in [0.15, 0.2) is 24.3 Å². The number of hydrogen-bond acceptors (Lipinski definition) is 4. The zero-order valence-corrected chi connectivity index (χ0v) is 12.5. The van der Waals surface area contributed by atoms with E-state index in [1.807, 2.05) is 18.2 Å². The van der Waals surface area contributed by atoms with Crippen molar-refractivity contribution in [2.75, 3.05) is 25.4 Å². The smallest absolute Gasteiger partial charge is 0.121 e. The largest absolute Gasteiger partial charge is 0.491 e. The maximum absolute atomic E-state index is 10.1. The van der Waals surface area contributed by atoms with Crippen molar-refractivity contribution < 1.29 is 9.84 Å². The van der Waals surface area contributed by atoms with Gasteiger partial charge in [-0.2, -0.15) is 0 Å². The van der Waals surface area contributed by atoms with E-state index in [2.05, 4.69) is 18.7 Å². The van der Waals surface area contributed by atoms with Gasteiger partial charge in [-0.25, -0.2) is 0 Å². The summed E-state index contributed by atoms with van der Waals surface area (Å²) in [5.74, 6) is 1.51. The average molecular weight is 278 g/mol. The van der Waals surface area contributed by atoms with E-state index in [4.69, 9.17) is 10.5 Å². The lowest BCUT2D eigenvalue weighted by Gasteiger charge is -2.37. The lowest BCUT2D eigenvalue weighted by Crippen LogP contribution is -2.45. The van der Waals surface area contributed by atoms with E-state index < -0.39 is 6.10 Å². The Morgan fingerprint density at radius 1 is 1.45 bits per heavy atom. The fourth-order valence-electron chi connectivity index (χ4n) is 2.85. The number of anilines is 1. The molecule has 1 aliphatic rings. The van der Waals surface area contributed by atoms with Gasteiger partial charge in [0.15, 0.2) is 0 Å². The van der Waals surface area contributed by atoms with Crippen LogP contribution in [0.5, 0.6) is 5.75 Å². The third kappa shape index (κ3) is 4.39. The number of benzene rings is 1. The first-order valence-corrected chi connectivity index (χ1v) is 7.45. The maximum Gasteiger partial charge on any atom is 0.121 e. The second-order valence-electron chi connectivity index (χ2n) is 6.01. The molecule has 1 aromatic rings. The number of nitrogen functional groups attached to an aromatic ring is 1. The van der Waals surface area contributed by atoms with Gasteiger partial charge in [0, 0.05) is 24.3 Å². The van der Waals surface area contributed by atoms with Crippen molar-refractivity contribution in [1.82, 2.24) is 4.90 Å². The molecule has 1 heterocycles. The van der Waals surface area contributed by atoms with Crippen molar-refractivity contribution in [2.24, 2.45) is 5.92 Å². The van der Waals surface area contributed by atoms with Crippen LogP contribution in [0.3, 0.4) is 0 Å². The van der Waals surface area contributed by atoms with Crippen LogP contribution in [0.25, 0.3) is 0 Å². The van der Waals surface area contributed by atoms with Crippen molar-refractivity contribution in [2.45, 2.75) is 38.8 Å². The minimum absolute atomic E-state index is 0.308. The zero-order chi connectivity index (χ0) is 14.5. The minimum Gasteiger partial charge on any atom is -0.491 e. The third-order valence-corrected chi connectivity index (χ3v) is 4.02. The molecule has 1 fully saturated rings. The molecule has 0 spiro atoms. The van der Waals surface area contributed by atoms with Crippen LogP contribution in [0, 0.1) is 5.92 Å². The van der Waals surface area contributed by atoms with E-state index in [-0.39, 0.29) is 0 Å². The lowest BCUT2D eigenvalue weighted by atomic mass is 9.93. The van der Waals surface area contributed by atoms with Gasteiger partial charge in [-0.05, 0) is 44.4 Å². The highest BCUT2D eigenvalue weighted by Crippen LogP contribution is 2.22. The standard InChI is InChI=1S/C16H26N2O2/c1-12-6-7-18(13(2)8-12)10-15(19)11-20-16-5-3-4-14(17)9-16/h3-5,9,12-13,15,19H,6-8,10-11,17H2,1-2H3. The number of aliphatic hydroxyl groups is 1. The van der Waals surface area contributed by atoms with Crippen LogP contribution in [0.4, 0.5) is 5.69 Å². The Hall–Kier alpha value is -1.26. The first kappa shape index (κ1) is 15.1. The summed E-state index contributed by atoms with van der Waals surface area (Å²) in [6.45, 7) is 6.59. The van der Waals surface area contributed by atoms with Crippen LogP contribution in [-0.2, 0) is 0 Å². The van der Waals surface area contributed by atoms with E-state index >= 15 is 0 Å². The molecule has 1 aromatic carbocycles. The summed E-state index contributed by atoms with van der Waals surface area (Å²) < 4.78 is 5.59. The van der Waals surface area contributed by atoms with Gasteiger partial charge in [-0.3, -0.25) is 4.90 Å². The second-order valence-corrected chi connectivity index (χ2v) is 6.01. The Labute approximate surface area is 121 Å². The second kappa shape index (κ2) is 6.95. The van der Waals surface area contributed by atoms with Crippen LogP contribution >= 0.6 is 0 Å². The van der Waals surface area contributed by atoms with E-state index in [0.29, 0.717) is 30.6 Å². The summed E-state index contributed by atoms with van der Waals surface area (Å²) in [5.41, 5.74) is 6.37. The Morgan fingerprint density at radius 3 is 2.95 bits per heavy atom. The maximum atomic E-state index is 10.1. The van der Waals surface area contributed by atoms with Crippen molar-refractivity contribution in [1.29, 1.82) is 0 Å². The van der Waals surface area contributed by atoms with Crippen LogP contribution in [-0.4, -0.2) is 41.8 Å². The quantitative estimate of drug-likeness (QED) is 0.810. The molecule has 0 aromatic heterocycles. The van der Waals surface area contributed by atoms with Gasteiger partial charge in [0.1, 0.15) is 18.5 Å². The molecule has 4 nitrogen and oxygen atoms in total. The number of likely N-dealkylation sites (tertiary alicyclic amines) is 1. The molecule has 112 valence electrons. The van der Waals surface area contributed by atoms with Gasteiger partial charge in [0.25, 0.3) is 0 Å². The monoisotopic (exact) mass is 278 g/mol. The number of nitrogens with two attached hydrogens (primary N) is 1. The number of nitrogens with zero attached hydrogens (tertiary/aromatic N) is 1. The van der Waals surface area contributed by atoms with E-state index in [9.17, 15) is 5.11 Å². The third-order valence-electron chi connectivity index (χ3n) is 4.02. The summed E-state index contributed by atoms with van der Waals surface area (Å²) in [5, 5.41) is 10.1. The fourth-order valence-corrected chi connectivity index (χ4v) is 2.85. The normalized spacial score (nSPS) is 25.4. The van der Waals surface area contributed by atoms with Gasteiger partial charge in [-0.1, -0.05) is 13.0 Å². The van der Waals surface area contributed by atoms with Gasteiger partial charge < -0.3 is 15.6 Å². The van der Waals surface area contributed by atoms with Crippen molar-refractivity contribution >= 4 is 5.69 Å². The molecule has 0 aliphatic carbocycles. The predicted molar refractivity (Wildman–Crippen MR) is 81.8 cm³/mol. The number of aliphatic hydroxyl groups excluding tert-OH is 1. The molecule has 1 saturated heterocycles. The Balaban J connectivity index is 1.76. The molecular weight excluding hydrogens is 252 g/mol. The van der Waals surface area contributed by atoms with Gasteiger partial charge in [-0.15, -0.1) is 0 Å². The molecule has 0 saturated carbocycles. The molecule has 3 N–H and O–H groups in total. The molecule has 4 heteroatoms. The molecule has 0 amide bonds. The van der Waals surface area contributed by atoms with Gasteiger partial charge in [0.05, 0.1) is 0 Å². The summed E-state index contributed by atoms with van der Waals surface area (Å²) in [6.07, 6.45) is 1.96. The first-order valence-electron chi connectivity index (χ1n) is 7.45. The molecule has 3 unspecified atom stereocenters. The molecule has 1 aliphatic heterocycles. The van der Waals surface area contributed by atoms with Crippen LogP contribution in [0.2, 0.25) is 0 Å². The zero-order valence-electron chi connectivity index (χ0n) is 12.5. The molecule has 0 radical (unpaired) electrons. The SMILES string of the molecule is CC1CCN(CC(O)COc2cccc(N)c2)C(C)C1. The molecule has 3 atom stereocenters. The van der Waals surface area contributed by atoms with Crippen LogP contribution < -0.4 is 10.5 Å². The van der Waals surface area contributed by atoms with Gasteiger partial charge >= 0.3 is 0 Å². The lowest BCUT2D eigenvalue weighted by molar-refractivity contribution is 0.0354. The molecular formula is C16H26N2O2. The topological polar surface area (TPSA) is 58.7 Å². The van der Waals surface area contributed by atoms with Crippen molar-refractivity contribution in [3.63, 3.8) is 0 Å². The van der Waals surface area contributed by atoms with Crippen molar-refractivity contribution in [3.8, 4) is 5.75 Å². The summed E-state index contributed by atoms with van der Waals surface area (Å²) in [6, 6.07) is 7.85. The highest BCUT2D eigenvalue weighted by molar-refractivity contribution is 5.43. The number of rotatable bonds is 5. The van der Waals surface area contributed by atoms with E-state index in [0.717, 1.165) is 12.5 Å². The first-order chi connectivity index (χ1) is 9.54. The van der Waals surface area contributed by atoms with E-state index in [1.54, 1.807) is 6.07 Å². The number of piperidine rings is 1.